The Balaban J connectivity index is 2.96. The van der Waals surface area contributed by atoms with Crippen LogP contribution in [0.1, 0.15) is 32.1 Å². The summed E-state index contributed by atoms with van der Waals surface area (Å²) < 4.78 is 69.1. The molecule has 1 fully saturated rings. The molecule has 0 aromatic heterocycles. The number of aliphatic carboxylic acids is 1. The standard InChI is InChI=1S/C13H15F5O4/c14-12(15,13(16,17)18)11(8-4-2-1-3-5-8)22-10(21)7-6-9(19)20/h6-8,11H,1-5H2,(H,19,20)/b7-6+. The van der Waals surface area contributed by atoms with Crippen LogP contribution in [0.2, 0.25) is 0 Å². The van der Waals surface area contributed by atoms with E-state index >= 15 is 0 Å². The lowest BCUT2D eigenvalue weighted by atomic mass is 9.82. The van der Waals surface area contributed by atoms with Crippen LogP contribution in [-0.4, -0.2) is 35.2 Å². The lowest BCUT2D eigenvalue weighted by molar-refractivity contribution is -0.321. The first-order valence-electron chi connectivity index (χ1n) is 6.62. The number of halogens is 5. The van der Waals surface area contributed by atoms with Crippen LogP contribution >= 0.6 is 0 Å². The maximum atomic E-state index is 13.6. The number of carbonyl (C=O) groups is 2. The van der Waals surface area contributed by atoms with Gasteiger partial charge in [-0.3, -0.25) is 0 Å². The van der Waals surface area contributed by atoms with E-state index in [1.807, 2.05) is 0 Å². The van der Waals surface area contributed by atoms with E-state index in [9.17, 15) is 31.5 Å². The highest BCUT2D eigenvalue weighted by molar-refractivity contribution is 5.90. The number of carbonyl (C=O) groups excluding carboxylic acids is 1. The maximum Gasteiger partial charge on any atom is 0.457 e. The normalized spacial score (nSPS) is 19.1. The van der Waals surface area contributed by atoms with E-state index in [0.717, 1.165) is 0 Å². The highest BCUT2D eigenvalue weighted by atomic mass is 19.4. The Kier molecular flexibility index (Phi) is 5.90. The summed E-state index contributed by atoms with van der Waals surface area (Å²) in [6.45, 7) is 0. The van der Waals surface area contributed by atoms with E-state index in [-0.39, 0.29) is 12.8 Å². The molecule has 0 bridgehead atoms. The van der Waals surface area contributed by atoms with Crippen LogP contribution in [0.25, 0.3) is 0 Å². The van der Waals surface area contributed by atoms with E-state index in [1.54, 1.807) is 0 Å². The Morgan fingerprint density at radius 3 is 2.05 bits per heavy atom. The van der Waals surface area contributed by atoms with Gasteiger partial charge in [0.25, 0.3) is 0 Å². The second-order valence-corrected chi connectivity index (χ2v) is 5.05. The summed E-state index contributed by atoms with van der Waals surface area (Å²) in [6, 6.07) is 0. The molecule has 0 aromatic rings. The molecular formula is C13H15F5O4. The number of carboxylic acid groups (broad SMARTS) is 1. The highest BCUT2D eigenvalue weighted by Gasteiger charge is 2.65. The summed E-state index contributed by atoms with van der Waals surface area (Å²) in [5.41, 5.74) is 0. The Morgan fingerprint density at radius 1 is 1.05 bits per heavy atom. The Bertz CT molecular complexity index is 438. The number of carboxylic acids is 1. The van der Waals surface area contributed by atoms with Gasteiger partial charge < -0.3 is 9.84 Å². The number of hydrogen-bond donors (Lipinski definition) is 1. The fraction of sp³-hybridized carbons (Fsp3) is 0.692. The minimum atomic E-state index is -5.86. The summed E-state index contributed by atoms with van der Waals surface area (Å²) in [5.74, 6) is -9.40. The minimum Gasteiger partial charge on any atom is -0.478 e. The van der Waals surface area contributed by atoms with Gasteiger partial charge in [0, 0.05) is 18.1 Å². The van der Waals surface area contributed by atoms with Crippen molar-refractivity contribution in [1.82, 2.24) is 0 Å². The summed E-state index contributed by atoms with van der Waals surface area (Å²) >= 11 is 0. The van der Waals surface area contributed by atoms with Gasteiger partial charge in [0.05, 0.1) is 0 Å². The van der Waals surface area contributed by atoms with E-state index in [2.05, 4.69) is 4.74 Å². The zero-order chi connectivity index (χ0) is 17.0. The van der Waals surface area contributed by atoms with E-state index < -0.39 is 36.1 Å². The molecule has 1 rings (SSSR count). The van der Waals surface area contributed by atoms with Gasteiger partial charge in [-0.1, -0.05) is 19.3 Å². The predicted molar refractivity (Wildman–Crippen MR) is 64.2 cm³/mol. The van der Waals surface area contributed by atoms with Crippen LogP contribution in [0.15, 0.2) is 12.2 Å². The van der Waals surface area contributed by atoms with Gasteiger partial charge in [-0.15, -0.1) is 0 Å². The van der Waals surface area contributed by atoms with Crippen molar-refractivity contribution in [2.75, 3.05) is 0 Å². The van der Waals surface area contributed by atoms with Gasteiger partial charge in [0.1, 0.15) is 0 Å². The highest BCUT2D eigenvalue weighted by Crippen LogP contribution is 2.44. The quantitative estimate of drug-likeness (QED) is 0.477. The van der Waals surface area contributed by atoms with Crippen molar-refractivity contribution in [3.05, 3.63) is 12.2 Å². The molecule has 9 heteroatoms. The van der Waals surface area contributed by atoms with Gasteiger partial charge in [-0.25, -0.2) is 9.59 Å². The summed E-state index contributed by atoms with van der Waals surface area (Å²) in [6.07, 6.45) is -6.05. The number of alkyl halides is 5. The van der Waals surface area contributed by atoms with Crippen LogP contribution in [0.4, 0.5) is 22.0 Å². The minimum absolute atomic E-state index is 0.0895. The third-order valence-corrected chi connectivity index (χ3v) is 3.42. The molecule has 1 N–H and O–H groups in total. The van der Waals surface area contributed by atoms with Crippen LogP contribution < -0.4 is 0 Å². The van der Waals surface area contributed by atoms with Crippen LogP contribution in [0.5, 0.6) is 0 Å². The van der Waals surface area contributed by atoms with Crippen molar-refractivity contribution in [2.45, 2.75) is 50.3 Å². The smallest absolute Gasteiger partial charge is 0.457 e. The van der Waals surface area contributed by atoms with E-state index in [0.29, 0.717) is 31.4 Å². The van der Waals surface area contributed by atoms with Crippen molar-refractivity contribution in [3.63, 3.8) is 0 Å². The first-order valence-corrected chi connectivity index (χ1v) is 6.62. The van der Waals surface area contributed by atoms with Crippen LogP contribution in [0, 0.1) is 5.92 Å². The largest absolute Gasteiger partial charge is 0.478 e. The zero-order valence-electron chi connectivity index (χ0n) is 11.4. The summed E-state index contributed by atoms with van der Waals surface area (Å²) in [4.78, 5) is 21.5. The first-order chi connectivity index (χ1) is 10.1. The average molecular weight is 330 g/mol. The van der Waals surface area contributed by atoms with E-state index in [1.165, 1.54) is 0 Å². The van der Waals surface area contributed by atoms with Crippen molar-refractivity contribution in [2.24, 2.45) is 5.92 Å². The molecule has 126 valence electrons. The molecule has 1 atom stereocenters. The van der Waals surface area contributed by atoms with Gasteiger partial charge in [0.15, 0.2) is 6.10 Å². The molecular weight excluding hydrogens is 315 g/mol. The Labute approximate surface area is 122 Å². The van der Waals surface area contributed by atoms with Crippen molar-refractivity contribution >= 4 is 11.9 Å². The van der Waals surface area contributed by atoms with Gasteiger partial charge in [0.2, 0.25) is 0 Å². The molecule has 0 amide bonds. The zero-order valence-corrected chi connectivity index (χ0v) is 11.4. The number of ether oxygens (including phenoxy) is 1. The molecule has 1 unspecified atom stereocenters. The fourth-order valence-corrected chi connectivity index (χ4v) is 2.37. The topological polar surface area (TPSA) is 63.6 Å². The Hall–Kier alpha value is -1.67. The Morgan fingerprint density at radius 2 is 1.59 bits per heavy atom. The maximum absolute atomic E-state index is 13.6. The average Bonchev–Trinajstić information content (AvgIpc) is 2.42. The fourth-order valence-electron chi connectivity index (χ4n) is 2.37. The molecule has 0 radical (unpaired) electrons. The lowest BCUT2D eigenvalue weighted by Gasteiger charge is -2.35. The molecule has 1 aliphatic rings. The molecule has 22 heavy (non-hydrogen) atoms. The summed E-state index contributed by atoms with van der Waals surface area (Å²) in [5, 5.41) is 8.31. The van der Waals surface area contributed by atoms with Gasteiger partial charge in [-0.05, 0) is 12.8 Å². The summed E-state index contributed by atoms with van der Waals surface area (Å²) in [7, 11) is 0. The first kappa shape index (κ1) is 18.4. The molecule has 1 aliphatic carbocycles. The molecule has 0 heterocycles. The molecule has 0 saturated heterocycles. The second-order valence-electron chi connectivity index (χ2n) is 5.05. The van der Waals surface area contributed by atoms with Gasteiger partial charge in [-0.2, -0.15) is 22.0 Å². The van der Waals surface area contributed by atoms with Crippen molar-refractivity contribution in [1.29, 1.82) is 0 Å². The van der Waals surface area contributed by atoms with Crippen LogP contribution in [0.3, 0.4) is 0 Å². The third-order valence-electron chi connectivity index (χ3n) is 3.42. The van der Waals surface area contributed by atoms with E-state index in [4.69, 9.17) is 5.11 Å². The molecule has 0 spiro atoms. The number of hydrogen-bond acceptors (Lipinski definition) is 3. The van der Waals surface area contributed by atoms with Crippen molar-refractivity contribution in [3.8, 4) is 0 Å². The predicted octanol–water partition coefficient (Wildman–Crippen LogP) is 3.32. The molecule has 0 aromatic carbocycles. The number of esters is 1. The SMILES string of the molecule is O=C(O)/C=C/C(=O)OC(C1CCCCC1)C(F)(F)C(F)(F)F. The lowest BCUT2D eigenvalue weighted by Crippen LogP contribution is -2.52. The van der Waals surface area contributed by atoms with Crippen molar-refractivity contribution < 1.29 is 41.4 Å². The molecule has 1 saturated carbocycles. The third kappa shape index (κ3) is 4.67. The van der Waals surface area contributed by atoms with Crippen LogP contribution in [-0.2, 0) is 14.3 Å². The monoisotopic (exact) mass is 330 g/mol. The van der Waals surface area contributed by atoms with Gasteiger partial charge >= 0.3 is 24.0 Å². The number of rotatable bonds is 5. The molecule has 0 aliphatic heterocycles. The second kappa shape index (κ2) is 7.06. The molecule has 4 nitrogen and oxygen atoms in total.